The Morgan fingerprint density at radius 2 is 2.25 bits per heavy atom. The number of aromatic nitrogens is 1. The van der Waals surface area contributed by atoms with E-state index in [2.05, 4.69) is 49.1 Å². The number of thiazole rings is 1. The zero-order valence-electron chi connectivity index (χ0n) is 8.75. The highest BCUT2D eigenvalue weighted by Gasteiger charge is 2.14. The van der Waals surface area contributed by atoms with Crippen molar-refractivity contribution >= 4 is 43.2 Å². The predicted octanol–water partition coefficient (Wildman–Crippen LogP) is 4.21. The highest BCUT2D eigenvalue weighted by atomic mass is 79.9. The summed E-state index contributed by atoms with van der Waals surface area (Å²) in [7, 11) is 1.92. The Kier molecular flexibility index (Phi) is 3.84. The molecule has 0 aromatic carbocycles. The van der Waals surface area contributed by atoms with Crippen molar-refractivity contribution in [2.24, 2.45) is 0 Å². The minimum atomic E-state index is 0.256. The van der Waals surface area contributed by atoms with Crippen molar-refractivity contribution in [2.45, 2.75) is 13.0 Å². The van der Waals surface area contributed by atoms with Gasteiger partial charge in [0.2, 0.25) is 0 Å². The lowest BCUT2D eigenvalue weighted by molar-refractivity contribution is 0.552. The molecule has 2 aromatic heterocycles. The van der Waals surface area contributed by atoms with Crippen LogP contribution in [0.2, 0.25) is 0 Å². The number of furan rings is 1. The molecule has 0 aliphatic rings. The molecule has 86 valence electrons. The molecule has 3 nitrogen and oxygen atoms in total. The van der Waals surface area contributed by atoms with E-state index in [-0.39, 0.29) is 6.04 Å². The van der Waals surface area contributed by atoms with Gasteiger partial charge in [-0.05, 0) is 45.8 Å². The average molecular weight is 366 g/mol. The average Bonchev–Trinajstić information content (AvgIpc) is 2.86. The Bertz CT molecular complexity index is 475. The van der Waals surface area contributed by atoms with E-state index in [9.17, 15) is 0 Å². The van der Waals surface area contributed by atoms with E-state index in [0.29, 0.717) is 4.67 Å². The summed E-state index contributed by atoms with van der Waals surface area (Å²) in [6.07, 6.45) is 0. The molecule has 0 fully saturated rings. The second-order valence-corrected chi connectivity index (χ2v) is 5.75. The van der Waals surface area contributed by atoms with Crippen molar-refractivity contribution in [1.82, 2.24) is 10.3 Å². The van der Waals surface area contributed by atoms with Crippen LogP contribution in [0.4, 0.5) is 0 Å². The molecule has 6 heteroatoms. The van der Waals surface area contributed by atoms with Crippen LogP contribution in [0.15, 0.2) is 25.0 Å². The number of nitrogens with zero attached hydrogens (tertiary/aromatic N) is 1. The fraction of sp³-hybridized carbons (Fsp3) is 0.300. The minimum absolute atomic E-state index is 0.256. The van der Waals surface area contributed by atoms with Gasteiger partial charge in [-0.25, -0.2) is 4.98 Å². The van der Waals surface area contributed by atoms with E-state index in [1.54, 1.807) is 11.3 Å². The first-order valence-corrected chi connectivity index (χ1v) is 7.16. The molecule has 2 rings (SSSR count). The van der Waals surface area contributed by atoms with Gasteiger partial charge in [-0.15, -0.1) is 11.3 Å². The molecule has 0 saturated heterocycles. The van der Waals surface area contributed by atoms with Gasteiger partial charge in [-0.2, -0.15) is 0 Å². The van der Waals surface area contributed by atoms with Crippen LogP contribution in [0.5, 0.6) is 0 Å². The first-order valence-electron chi connectivity index (χ1n) is 4.69. The Hall–Kier alpha value is -0.170. The molecule has 2 aromatic rings. The summed E-state index contributed by atoms with van der Waals surface area (Å²) in [5.41, 5.74) is 1.03. The smallest absolute Gasteiger partial charge is 0.184 e. The number of nitrogens with one attached hydrogen (secondary N) is 1. The third kappa shape index (κ3) is 2.40. The highest BCUT2D eigenvalue weighted by Crippen LogP contribution is 2.34. The van der Waals surface area contributed by atoms with Crippen molar-refractivity contribution in [3.8, 4) is 10.8 Å². The van der Waals surface area contributed by atoms with E-state index >= 15 is 0 Å². The van der Waals surface area contributed by atoms with Gasteiger partial charge in [-0.1, -0.05) is 0 Å². The minimum Gasteiger partial charge on any atom is -0.446 e. The van der Waals surface area contributed by atoms with E-state index in [0.717, 1.165) is 20.9 Å². The Balaban J connectivity index is 2.31. The van der Waals surface area contributed by atoms with Crippen LogP contribution in [0.25, 0.3) is 10.8 Å². The summed E-state index contributed by atoms with van der Waals surface area (Å²) in [5.74, 6) is 0.776. The van der Waals surface area contributed by atoms with Gasteiger partial charge < -0.3 is 9.73 Å². The Morgan fingerprint density at radius 1 is 1.50 bits per heavy atom. The van der Waals surface area contributed by atoms with Gasteiger partial charge in [0.25, 0.3) is 0 Å². The molecule has 0 saturated carbocycles. The fourth-order valence-electron chi connectivity index (χ4n) is 1.20. The zero-order valence-corrected chi connectivity index (χ0v) is 12.7. The molecule has 16 heavy (non-hydrogen) atoms. The van der Waals surface area contributed by atoms with Gasteiger partial charge in [-0.3, -0.25) is 0 Å². The van der Waals surface area contributed by atoms with Crippen molar-refractivity contribution in [1.29, 1.82) is 0 Å². The SMILES string of the molecule is CNC(C)c1csc(-c2cc(Br)c(Br)o2)n1. The van der Waals surface area contributed by atoms with Crippen LogP contribution in [-0.4, -0.2) is 12.0 Å². The molecule has 0 radical (unpaired) electrons. The monoisotopic (exact) mass is 364 g/mol. The largest absolute Gasteiger partial charge is 0.446 e. The molecule has 1 atom stereocenters. The maximum absolute atomic E-state index is 5.52. The maximum Gasteiger partial charge on any atom is 0.184 e. The second kappa shape index (κ2) is 5.00. The van der Waals surface area contributed by atoms with Crippen LogP contribution in [0, 0.1) is 0 Å². The van der Waals surface area contributed by atoms with Gasteiger partial charge in [0, 0.05) is 17.5 Å². The normalized spacial score (nSPS) is 13.0. The molecule has 1 N–H and O–H groups in total. The van der Waals surface area contributed by atoms with Gasteiger partial charge in [0.05, 0.1) is 10.2 Å². The van der Waals surface area contributed by atoms with E-state index < -0.39 is 0 Å². The lowest BCUT2D eigenvalue weighted by Gasteiger charge is -2.04. The maximum atomic E-state index is 5.52. The van der Waals surface area contributed by atoms with E-state index in [4.69, 9.17) is 4.42 Å². The molecule has 0 bridgehead atoms. The van der Waals surface area contributed by atoms with Crippen LogP contribution in [0.1, 0.15) is 18.7 Å². The van der Waals surface area contributed by atoms with Gasteiger partial charge in [0.1, 0.15) is 0 Å². The summed E-state index contributed by atoms with van der Waals surface area (Å²) in [5, 5.41) is 6.09. The zero-order chi connectivity index (χ0) is 11.7. The number of halogens is 2. The van der Waals surface area contributed by atoms with Gasteiger partial charge in [0.15, 0.2) is 15.4 Å². The molecule has 0 aliphatic heterocycles. The summed E-state index contributed by atoms with van der Waals surface area (Å²) >= 11 is 8.28. The third-order valence-corrected chi connectivity index (χ3v) is 4.84. The molecule has 2 heterocycles. The third-order valence-electron chi connectivity index (χ3n) is 2.25. The Morgan fingerprint density at radius 3 is 2.81 bits per heavy atom. The summed E-state index contributed by atoms with van der Waals surface area (Å²) in [6, 6.07) is 2.17. The van der Waals surface area contributed by atoms with E-state index in [1.807, 2.05) is 18.5 Å². The van der Waals surface area contributed by atoms with Crippen LogP contribution in [-0.2, 0) is 0 Å². The van der Waals surface area contributed by atoms with Crippen LogP contribution < -0.4 is 5.32 Å². The van der Waals surface area contributed by atoms with Crippen LogP contribution >= 0.6 is 43.2 Å². The Labute approximate surface area is 115 Å². The quantitative estimate of drug-likeness (QED) is 0.885. The molecule has 1 unspecified atom stereocenters. The molecular formula is C10H10Br2N2OS. The number of rotatable bonds is 3. The summed E-state index contributed by atoms with van der Waals surface area (Å²) < 4.78 is 7.12. The topological polar surface area (TPSA) is 38.1 Å². The molecular weight excluding hydrogens is 356 g/mol. The highest BCUT2D eigenvalue weighted by molar-refractivity contribution is 9.13. The lowest BCUT2D eigenvalue weighted by atomic mass is 10.3. The lowest BCUT2D eigenvalue weighted by Crippen LogP contribution is -2.12. The standard InChI is InChI=1S/C10H10Br2N2OS/c1-5(13-2)7-4-16-10(14-7)8-3-6(11)9(12)15-8/h3-5,13H,1-2H3. The molecule has 0 aliphatic carbocycles. The van der Waals surface area contributed by atoms with Crippen molar-refractivity contribution in [3.63, 3.8) is 0 Å². The van der Waals surface area contributed by atoms with Gasteiger partial charge >= 0.3 is 0 Å². The number of hydrogen-bond donors (Lipinski definition) is 1. The van der Waals surface area contributed by atoms with Crippen molar-refractivity contribution in [3.05, 3.63) is 26.3 Å². The molecule has 0 spiro atoms. The first-order chi connectivity index (χ1) is 7.61. The molecule has 0 amide bonds. The van der Waals surface area contributed by atoms with E-state index in [1.165, 1.54) is 0 Å². The van der Waals surface area contributed by atoms with Crippen LogP contribution in [0.3, 0.4) is 0 Å². The first kappa shape index (κ1) is 12.3. The second-order valence-electron chi connectivity index (χ2n) is 3.32. The summed E-state index contributed by atoms with van der Waals surface area (Å²) in [6.45, 7) is 2.08. The van der Waals surface area contributed by atoms with Crippen molar-refractivity contribution < 1.29 is 4.42 Å². The number of hydrogen-bond acceptors (Lipinski definition) is 4. The predicted molar refractivity (Wildman–Crippen MR) is 72.7 cm³/mol. The fourth-order valence-corrected chi connectivity index (χ4v) is 2.64. The van der Waals surface area contributed by atoms with Crippen molar-refractivity contribution in [2.75, 3.05) is 7.05 Å². The summed E-state index contributed by atoms with van der Waals surface area (Å²) in [4.78, 5) is 4.53.